The highest BCUT2D eigenvalue weighted by atomic mass is 16.8. The average molecular weight is 1010 g/mol. The van der Waals surface area contributed by atoms with Gasteiger partial charge in [0.25, 0.3) is 0 Å². The second kappa shape index (κ2) is 21.7. The number of carbonyl (C=O) groups is 2. The monoisotopic (exact) mass is 1010 g/mol. The minimum absolute atomic E-state index is 0.00440. The topological polar surface area (TPSA) is 228 Å². The lowest BCUT2D eigenvalue weighted by atomic mass is 9.44. The van der Waals surface area contributed by atoms with Crippen molar-refractivity contribution in [2.45, 2.75) is 196 Å². The summed E-state index contributed by atoms with van der Waals surface area (Å²) in [5.74, 6) is -1.24. The molecule has 17 nitrogen and oxygen atoms in total. The van der Waals surface area contributed by atoms with Crippen LogP contribution in [0.3, 0.4) is 0 Å². The largest absolute Gasteiger partial charge is 0.459 e. The molecule has 3 saturated heterocycles. The third-order valence-electron chi connectivity index (χ3n) is 18.1. The zero-order chi connectivity index (χ0) is 51.3. The number of carbonyl (C=O) groups excluding carboxylic acids is 2. The highest BCUT2D eigenvalue weighted by Crippen LogP contribution is 2.69. The third-order valence-corrected chi connectivity index (χ3v) is 18.1. The number of aliphatic hydroxyl groups excluding tert-OH is 4. The maximum atomic E-state index is 14.0. The van der Waals surface area contributed by atoms with Gasteiger partial charge in [0.05, 0.1) is 53.9 Å². The smallest absolute Gasteiger partial charge is 0.338 e. The van der Waals surface area contributed by atoms with E-state index in [2.05, 4.69) is 19.9 Å². The van der Waals surface area contributed by atoms with Gasteiger partial charge < -0.3 is 72.9 Å². The van der Waals surface area contributed by atoms with E-state index in [1.807, 2.05) is 38.1 Å². The van der Waals surface area contributed by atoms with Crippen molar-refractivity contribution in [1.29, 1.82) is 0 Å². The summed E-state index contributed by atoms with van der Waals surface area (Å²) in [5, 5.41) is 54.2. The summed E-state index contributed by atoms with van der Waals surface area (Å²) < 4.78 is 62.5. The Kier molecular flexibility index (Phi) is 16.1. The first-order chi connectivity index (χ1) is 34.4. The van der Waals surface area contributed by atoms with Crippen molar-refractivity contribution in [2.24, 2.45) is 28.6 Å². The van der Waals surface area contributed by atoms with Crippen molar-refractivity contribution in [3.63, 3.8) is 0 Å². The molecule has 3 aliphatic heterocycles. The molecule has 0 bridgehead atoms. The summed E-state index contributed by atoms with van der Waals surface area (Å²) >= 11 is 0. The molecule has 3 heterocycles. The minimum atomic E-state index is -1.59. The van der Waals surface area contributed by atoms with Crippen LogP contribution in [0.4, 0.5) is 0 Å². The Morgan fingerprint density at radius 2 is 1.33 bits per heavy atom. The maximum absolute atomic E-state index is 14.0. The summed E-state index contributed by atoms with van der Waals surface area (Å²) in [7, 11) is 3.16. The first kappa shape index (κ1) is 53.4. The molecule has 22 atom stereocenters. The van der Waals surface area contributed by atoms with Crippen molar-refractivity contribution in [3.8, 4) is 0 Å². The quantitative estimate of drug-likeness (QED) is 0.124. The fraction of sp³-hybridized carbons (Fsp3) is 0.709. The molecular formula is C55H76O17. The second-order valence-electron chi connectivity index (χ2n) is 21.9. The van der Waals surface area contributed by atoms with Gasteiger partial charge in [0.2, 0.25) is 0 Å². The Balaban J connectivity index is 0.854. The van der Waals surface area contributed by atoms with Crippen molar-refractivity contribution in [1.82, 2.24) is 0 Å². The van der Waals surface area contributed by atoms with Crippen molar-refractivity contribution in [3.05, 3.63) is 83.4 Å². The zero-order valence-corrected chi connectivity index (χ0v) is 42.5. The van der Waals surface area contributed by atoms with E-state index >= 15 is 0 Å². The van der Waals surface area contributed by atoms with Gasteiger partial charge in [0.1, 0.15) is 48.8 Å². The van der Waals surface area contributed by atoms with Gasteiger partial charge in [0.15, 0.2) is 18.9 Å². The fourth-order valence-electron chi connectivity index (χ4n) is 14.0. The Labute approximate surface area is 422 Å². The molecule has 0 aromatic heterocycles. The van der Waals surface area contributed by atoms with E-state index in [0.29, 0.717) is 49.7 Å². The molecule has 3 saturated carbocycles. The first-order valence-electron chi connectivity index (χ1n) is 26.0. The summed E-state index contributed by atoms with van der Waals surface area (Å²) in [6.45, 7) is 9.37. The van der Waals surface area contributed by atoms with Crippen LogP contribution < -0.4 is 0 Å². The number of fused-ring (bicyclic) bond motifs is 5. The Bertz CT molecular complexity index is 2200. The highest BCUT2D eigenvalue weighted by Gasteiger charge is 2.72. The van der Waals surface area contributed by atoms with Gasteiger partial charge in [-0.2, -0.15) is 0 Å². The normalized spacial score (nSPS) is 44.4. The van der Waals surface area contributed by atoms with Crippen LogP contribution in [-0.2, 0) is 47.4 Å². The Morgan fingerprint density at radius 3 is 1.94 bits per heavy atom. The lowest BCUT2D eigenvalue weighted by Gasteiger charge is -2.63. The minimum Gasteiger partial charge on any atom is -0.459 e. The van der Waals surface area contributed by atoms with Crippen molar-refractivity contribution < 1.29 is 82.5 Å². The predicted octanol–water partition coefficient (Wildman–Crippen LogP) is 5.02. The van der Waals surface area contributed by atoms with Crippen LogP contribution >= 0.6 is 0 Å². The average Bonchev–Trinajstić information content (AvgIpc) is 3.67. The fourth-order valence-corrected chi connectivity index (χ4v) is 14.0. The molecule has 72 heavy (non-hydrogen) atoms. The van der Waals surface area contributed by atoms with E-state index in [0.717, 1.165) is 12.8 Å². The molecule has 0 unspecified atom stereocenters. The van der Waals surface area contributed by atoms with Gasteiger partial charge >= 0.3 is 11.9 Å². The summed E-state index contributed by atoms with van der Waals surface area (Å²) in [6.07, 6.45) is -5.61. The van der Waals surface area contributed by atoms with Crippen LogP contribution in [0.25, 0.3) is 0 Å². The van der Waals surface area contributed by atoms with E-state index in [4.69, 9.17) is 47.4 Å². The number of ether oxygens (including phenoxy) is 10. The number of hydrogen-bond donors (Lipinski definition) is 5. The molecule has 0 radical (unpaired) electrons. The molecule has 398 valence electrons. The van der Waals surface area contributed by atoms with Gasteiger partial charge in [-0.05, 0) is 107 Å². The van der Waals surface area contributed by atoms with Gasteiger partial charge in [-0.15, -0.1) is 0 Å². The zero-order valence-electron chi connectivity index (χ0n) is 42.5. The molecule has 2 aromatic carbocycles. The Hall–Kier alpha value is -3.40. The molecule has 17 heteroatoms. The number of esters is 2. The summed E-state index contributed by atoms with van der Waals surface area (Å²) in [4.78, 5) is 27.4. The first-order valence-corrected chi connectivity index (χ1v) is 26.0. The van der Waals surface area contributed by atoms with Crippen molar-refractivity contribution in [2.75, 3.05) is 20.8 Å². The number of hydrogen-bond acceptors (Lipinski definition) is 17. The Morgan fingerprint density at radius 1 is 0.736 bits per heavy atom. The second-order valence-corrected chi connectivity index (χ2v) is 21.9. The van der Waals surface area contributed by atoms with E-state index in [1.165, 1.54) is 12.7 Å². The summed E-state index contributed by atoms with van der Waals surface area (Å²) in [5.41, 5.74) is -0.237. The molecule has 2 aromatic rings. The summed E-state index contributed by atoms with van der Waals surface area (Å²) in [6, 6.07) is 17.9. The molecule has 7 aliphatic rings. The third kappa shape index (κ3) is 9.85. The molecule has 4 aliphatic carbocycles. The van der Waals surface area contributed by atoms with Gasteiger partial charge in [-0.3, -0.25) is 0 Å². The standard InChI is InChI=1S/C55H76O17/c1-29(67-50(60)32-14-10-8-11-15-32)36-21-23-55(62)37-19-18-34-24-35(20-22-53(34,4)38(37)25-42(54(36,55)5)70-51(61)33-16-12-9-13-17-33)68-43-26-39(63-6)48(30(2)65-43)71-44-27-40(64-7)49(31(3)66-44)72-52-47(59)46(58)45(57)41(28-56)69-52/h8-18,29-31,35-49,52,56-59,62H,19-28H2,1-7H3/t29-,30-,31-,35+,36-,37-,38+,39+,40+,41-,42-,43+,44+,45-,46+,47-,48-,49-,52+,53+,54+,55+/m1/s1. The van der Waals surface area contributed by atoms with Crippen LogP contribution in [0.5, 0.6) is 0 Å². The lowest BCUT2D eigenvalue weighted by molar-refractivity contribution is -0.353. The van der Waals surface area contributed by atoms with E-state index in [-0.39, 0.29) is 35.7 Å². The molecule has 9 rings (SSSR count). The number of aliphatic hydroxyl groups is 5. The van der Waals surface area contributed by atoms with Gasteiger partial charge in [-0.25, -0.2) is 9.59 Å². The predicted molar refractivity (Wildman–Crippen MR) is 257 cm³/mol. The number of allylic oxidation sites excluding steroid dienone is 1. The molecule has 0 spiro atoms. The van der Waals surface area contributed by atoms with Crippen LogP contribution in [0, 0.1) is 28.6 Å². The van der Waals surface area contributed by atoms with E-state index < -0.39 is 122 Å². The van der Waals surface area contributed by atoms with Crippen LogP contribution in [0.1, 0.15) is 113 Å². The highest BCUT2D eigenvalue weighted by molar-refractivity contribution is 5.90. The van der Waals surface area contributed by atoms with Gasteiger partial charge in [0, 0.05) is 38.4 Å². The molecular weight excluding hydrogens is 933 g/mol. The maximum Gasteiger partial charge on any atom is 0.338 e. The molecule has 0 amide bonds. The van der Waals surface area contributed by atoms with Crippen LogP contribution in [-0.4, -0.2) is 162 Å². The van der Waals surface area contributed by atoms with Crippen molar-refractivity contribution >= 4 is 11.9 Å². The molecule has 5 N–H and O–H groups in total. The number of methoxy groups -OCH3 is 2. The number of benzene rings is 2. The van der Waals surface area contributed by atoms with Gasteiger partial charge in [-0.1, -0.05) is 61.9 Å². The van der Waals surface area contributed by atoms with Crippen LogP contribution in [0.15, 0.2) is 72.3 Å². The lowest BCUT2D eigenvalue weighted by Crippen LogP contribution is -2.67. The molecule has 6 fully saturated rings. The number of rotatable bonds is 14. The van der Waals surface area contributed by atoms with E-state index in [1.54, 1.807) is 50.4 Å². The SMILES string of the molecule is CO[C@H]1C[C@H](O[C@H]2CC[C@@]3(C)C(=CC[C@@H]4[C@@H]3C[C@@H](OC(=O)c3ccccc3)[C@]3(C)[C@@H]([C@@H](C)OC(=O)c5ccccc5)CC[C@]43O)C2)O[C@H](C)[C@H]1O[C@H]1C[C@H](OC)[C@H](O[C@@H]2O[C@H](CO)[C@@H](O)[C@H](O)[C@H]2O)[C@@H](C)O1. The van der Waals surface area contributed by atoms with E-state index in [9.17, 15) is 35.1 Å². The van der Waals surface area contributed by atoms with Crippen LogP contribution in [0.2, 0.25) is 0 Å².